The van der Waals surface area contributed by atoms with E-state index in [1.165, 1.54) is 6.26 Å². The highest BCUT2D eigenvalue weighted by atomic mass is 35.5. The van der Waals surface area contributed by atoms with Crippen LogP contribution in [0.15, 0.2) is 36.5 Å². The Balaban J connectivity index is 1.67. The zero-order valence-corrected chi connectivity index (χ0v) is 15.9. The minimum Gasteiger partial charge on any atom is -0.356 e. The molecular weight excluding hydrogens is 372 g/mol. The summed E-state index contributed by atoms with van der Waals surface area (Å²) in [6, 6.07) is 9.41. The number of nitrogens with one attached hydrogen (secondary N) is 1. The van der Waals surface area contributed by atoms with Crippen LogP contribution in [0, 0.1) is 0 Å². The first-order valence-corrected chi connectivity index (χ1v) is 10.8. The van der Waals surface area contributed by atoms with Gasteiger partial charge in [-0.3, -0.25) is 0 Å². The van der Waals surface area contributed by atoms with Gasteiger partial charge in [0.05, 0.1) is 21.8 Å². The molecule has 0 unspecified atom stereocenters. The van der Waals surface area contributed by atoms with Crippen LogP contribution in [0.2, 0.25) is 5.02 Å². The number of nitrogens with zero attached hydrogens (tertiary/aromatic N) is 3. The number of benzene rings is 1. The van der Waals surface area contributed by atoms with Gasteiger partial charge in [-0.25, -0.2) is 18.4 Å². The van der Waals surface area contributed by atoms with Gasteiger partial charge in [0.2, 0.25) is 0 Å². The van der Waals surface area contributed by atoms with E-state index in [-0.39, 0.29) is 5.25 Å². The van der Waals surface area contributed by atoms with Crippen molar-refractivity contribution in [2.45, 2.75) is 18.1 Å². The molecule has 3 aromatic rings. The molecule has 0 spiro atoms. The monoisotopic (exact) mass is 390 g/mol. The number of fused-ring (bicyclic) bond motifs is 1. The maximum absolute atomic E-state index is 11.8. The van der Waals surface area contributed by atoms with Crippen LogP contribution >= 0.6 is 11.6 Å². The maximum Gasteiger partial charge on any atom is 0.150 e. The van der Waals surface area contributed by atoms with Crippen molar-refractivity contribution in [1.82, 2.24) is 15.0 Å². The fraction of sp³-hybridized carbons (Fsp3) is 0.333. The number of aromatic nitrogens is 3. The average Bonchev–Trinajstić information content (AvgIpc) is 3.04. The number of aromatic amines is 1. The summed E-state index contributed by atoms with van der Waals surface area (Å²) in [4.78, 5) is 14.7. The van der Waals surface area contributed by atoms with Crippen molar-refractivity contribution in [3.8, 4) is 11.4 Å². The van der Waals surface area contributed by atoms with E-state index in [0.717, 1.165) is 28.2 Å². The lowest BCUT2D eigenvalue weighted by Crippen LogP contribution is -2.39. The normalized spacial score (nSPS) is 16.3. The Morgan fingerprint density at radius 3 is 2.73 bits per heavy atom. The molecule has 8 heteroatoms. The Kier molecular flexibility index (Phi) is 4.36. The molecule has 0 amide bonds. The van der Waals surface area contributed by atoms with E-state index in [1.54, 1.807) is 6.20 Å². The van der Waals surface area contributed by atoms with E-state index in [0.29, 0.717) is 31.0 Å². The Morgan fingerprint density at radius 2 is 2.00 bits per heavy atom. The molecule has 26 heavy (non-hydrogen) atoms. The first-order valence-electron chi connectivity index (χ1n) is 8.46. The SMILES string of the molecule is CS(=O)(=O)C1CCN(c2ncccc2-c2nc3cc(Cl)ccc3[nH]2)CC1. The van der Waals surface area contributed by atoms with E-state index in [9.17, 15) is 8.42 Å². The van der Waals surface area contributed by atoms with Crippen LogP contribution in [0.1, 0.15) is 12.8 Å². The molecule has 1 aliphatic rings. The molecule has 3 heterocycles. The number of hydrogen-bond donors (Lipinski definition) is 1. The smallest absolute Gasteiger partial charge is 0.150 e. The van der Waals surface area contributed by atoms with E-state index in [2.05, 4.69) is 19.9 Å². The third-order valence-corrected chi connectivity index (χ3v) is 6.75. The van der Waals surface area contributed by atoms with Crippen LogP contribution in [0.4, 0.5) is 5.82 Å². The summed E-state index contributed by atoms with van der Waals surface area (Å²) in [5.41, 5.74) is 2.62. The minimum absolute atomic E-state index is 0.265. The number of anilines is 1. The van der Waals surface area contributed by atoms with Crippen molar-refractivity contribution in [2.75, 3.05) is 24.2 Å². The largest absolute Gasteiger partial charge is 0.356 e. The van der Waals surface area contributed by atoms with E-state index < -0.39 is 9.84 Å². The molecule has 1 aromatic carbocycles. The van der Waals surface area contributed by atoms with Crippen LogP contribution in [-0.4, -0.2) is 48.0 Å². The van der Waals surface area contributed by atoms with Crippen LogP contribution < -0.4 is 4.90 Å². The Labute approximate surface area is 157 Å². The molecule has 1 N–H and O–H groups in total. The van der Waals surface area contributed by atoms with Crippen molar-refractivity contribution in [1.29, 1.82) is 0 Å². The second-order valence-electron chi connectivity index (χ2n) is 6.64. The van der Waals surface area contributed by atoms with Crippen LogP contribution in [0.5, 0.6) is 0 Å². The van der Waals surface area contributed by atoms with Gasteiger partial charge in [0.25, 0.3) is 0 Å². The van der Waals surface area contributed by atoms with E-state index in [4.69, 9.17) is 11.6 Å². The summed E-state index contributed by atoms with van der Waals surface area (Å²) in [5.74, 6) is 1.56. The number of hydrogen-bond acceptors (Lipinski definition) is 5. The molecule has 0 saturated carbocycles. The molecule has 0 radical (unpaired) electrons. The number of H-pyrrole nitrogens is 1. The van der Waals surface area contributed by atoms with Gasteiger partial charge >= 0.3 is 0 Å². The lowest BCUT2D eigenvalue weighted by Gasteiger charge is -2.32. The Morgan fingerprint density at radius 1 is 1.23 bits per heavy atom. The summed E-state index contributed by atoms with van der Waals surface area (Å²) in [5, 5.41) is 0.379. The quantitative estimate of drug-likeness (QED) is 0.742. The molecule has 6 nitrogen and oxygen atoms in total. The van der Waals surface area contributed by atoms with Gasteiger partial charge in [-0.2, -0.15) is 0 Å². The number of sulfone groups is 1. The fourth-order valence-electron chi connectivity index (χ4n) is 3.44. The zero-order chi connectivity index (χ0) is 18.3. The molecule has 136 valence electrons. The van der Waals surface area contributed by atoms with Gasteiger partial charge in [0.1, 0.15) is 21.5 Å². The number of piperidine rings is 1. The Bertz CT molecular complexity index is 1060. The Hall–Kier alpha value is -2.12. The molecular formula is C18H19ClN4O2S. The second-order valence-corrected chi connectivity index (χ2v) is 9.40. The highest BCUT2D eigenvalue weighted by Gasteiger charge is 2.28. The topological polar surface area (TPSA) is 79.0 Å². The van der Waals surface area contributed by atoms with E-state index in [1.807, 2.05) is 30.3 Å². The van der Waals surface area contributed by atoms with Crippen molar-refractivity contribution in [3.63, 3.8) is 0 Å². The van der Waals surface area contributed by atoms with Gasteiger partial charge in [-0.15, -0.1) is 0 Å². The maximum atomic E-state index is 11.8. The number of rotatable bonds is 3. The van der Waals surface area contributed by atoms with Crippen molar-refractivity contribution < 1.29 is 8.42 Å². The third-order valence-electron chi connectivity index (χ3n) is 4.83. The zero-order valence-electron chi connectivity index (χ0n) is 14.3. The average molecular weight is 391 g/mol. The highest BCUT2D eigenvalue weighted by molar-refractivity contribution is 7.91. The third kappa shape index (κ3) is 3.29. The summed E-state index contributed by atoms with van der Waals surface area (Å²) in [7, 11) is -2.99. The van der Waals surface area contributed by atoms with Crippen LogP contribution in [0.25, 0.3) is 22.4 Å². The molecule has 0 atom stereocenters. The molecule has 0 bridgehead atoms. The first kappa shape index (κ1) is 17.3. The number of imidazole rings is 1. The first-order chi connectivity index (χ1) is 12.4. The molecule has 1 fully saturated rings. The molecule has 1 saturated heterocycles. The lowest BCUT2D eigenvalue weighted by molar-refractivity contribution is 0.532. The summed E-state index contributed by atoms with van der Waals surface area (Å²) < 4.78 is 23.6. The van der Waals surface area contributed by atoms with Gasteiger partial charge in [0.15, 0.2) is 0 Å². The van der Waals surface area contributed by atoms with Crippen molar-refractivity contribution in [3.05, 3.63) is 41.6 Å². The highest BCUT2D eigenvalue weighted by Crippen LogP contribution is 2.31. The number of pyridine rings is 1. The van der Waals surface area contributed by atoms with Crippen LogP contribution in [-0.2, 0) is 9.84 Å². The summed E-state index contributed by atoms with van der Waals surface area (Å²) in [6.45, 7) is 1.32. The van der Waals surface area contributed by atoms with Gasteiger partial charge in [-0.1, -0.05) is 11.6 Å². The predicted octanol–water partition coefficient (Wildman–Crippen LogP) is 3.29. The van der Waals surface area contributed by atoms with Crippen molar-refractivity contribution in [2.24, 2.45) is 0 Å². The van der Waals surface area contributed by atoms with E-state index >= 15 is 0 Å². The van der Waals surface area contributed by atoms with Gasteiger partial charge in [0, 0.05) is 30.6 Å². The van der Waals surface area contributed by atoms with Gasteiger partial charge in [-0.05, 0) is 43.2 Å². The molecule has 4 rings (SSSR count). The summed E-state index contributed by atoms with van der Waals surface area (Å²) in [6.07, 6.45) is 4.30. The summed E-state index contributed by atoms with van der Waals surface area (Å²) >= 11 is 6.05. The lowest BCUT2D eigenvalue weighted by atomic mass is 10.1. The second kappa shape index (κ2) is 6.55. The molecule has 2 aromatic heterocycles. The standard InChI is InChI=1S/C18H19ClN4O2S/c1-26(24,25)13-6-9-23(10-7-13)18-14(3-2-8-20-18)17-21-15-5-4-12(19)11-16(15)22-17/h2-5,8,11,13H,6-7,9-10H2,1H3,(H,21,22). The number of halogens is 1. The predicted molar refractivity (Wildman–Crippen MR) is 104 cm³/mol. The van der Waals surface area contributed by atoms with Gasteiger partial charge < -0.3 is 9.88 Å². The van der Waals surface area contributed by atoms with Crippen LogP contribution in [0.3, 0.4) is 0 Å². The molecule has 1 aliphatic heterocycles. The molecule has 0 aliphatic carbocycles. The minimum atomic E-state index is -2.99. The fourth-order valence-corrected chi connectivity index (χ4v) is 4.67. The van der Waals surface area contributed by atoms with Crippen molar-refractivity contribution >= 4 is 38.3 Å².